The maximum atomic E-state index is 12.0. The van der Waals surface area contributed by atoms with E-state index in [2.05, 4.69) is 11.4 Å². The minimum Gasteiger partial charge on any atom is -0.317 e. The van der Waals surface area contributed by atoms with Gasteiger partial charge in [-0.05, 0) is 24.5 Å². The maximum absolute atomic E-state index is 12.0. The Hall–Kier alpha value is -1.51. The number of para-hydroxylation sites is 1. The van der Waals surface area contributed by atoms with Crippen LogP contribution in [0.15, 0.2) is 24.3 Å². The van der Waals surface area contributed by atoms with Crippen LogP contribution in [0.3, 0.4) is 0 Å². The third-order valence-corrected chi connectivity index (χ3v) is 3.63. The second-order valence-corrected chi connectivity index (χ2v) is 4.65. The summed E-state index contributed by atoms with van der Waals surface area (Å²) in [5, 5.41) is 2.97. The average molecular weight is 216 g/mol. The topological polar surface area (TPSA) is 32.3 Å². The number of hydrogen-bond donors (Lipinski definition) is 1. The molecule has 1 saturated carbocycles. The molecule has 3 heteroatoms. The van der Waals surface area contributed by atoms with E-state index in [9.17, 15) is 4.79 Å². The van der Waals surface area contributed by atoms with Crippen LogP contribution in [0.5, 0.6) is 0 Å². The molecule has 1 aromatic rings. The van der Waals surface area contributed by atoms with E-state index in [4.69, 9.17) is 0 Å². The lowest BCUT2D eigenvalue weighted by atomic mass is 10.1. The summed E-state index contributed by atoms with van der Waals surface area (Å²) in [6.07, 6.45) is 4.84. The second-order valence-electron chi connectivity index (χ2n) is 4.65. The number of benzene rings is 1. The molecule has 0 saturated heterocycles. The Morgan fingerprint density at radius 3 is 2.75 bits per heavy atom. The van der Waals surface area contributed by atoms with Crippen molar-refractivity contribution in [3.8, 4) is 0 Å². The van der Waals surface area contributed by atoms with Crippen LogP contribution in [0.1, 0.15) is 31.2 Å². The van der Waals surface area contributed by atoms with Gasteiger partial charge in [-0.25, -0.2) is 4.79 Å². The van der Waals surface area contributed by atoms with Gasteiger partial charge in [0.1, 0.15) is 0 Å². The smallest absolute Gasteiger partial charge is 0.317 e. The van der Waals surface area contributed by atoms with Crippen LogP contribution in [0, 0.1) is 0 Å². The molecule has 3 nitrogen and oxygen atoms in total. The number of amides is 2. The molecular weight excluding hydrogens is 200 g/mol. The van der Waals surface area contributed by atoms with Gasteiger partial charge < -0.3 is 10.2 Å². The molecule has 0 unspecified atom stereocenters. The lowest BCUT2D eigenvalue weighted by Gasteiger charge is -2.33. The van der Waals surface area contributed by atoms with Crippen molar-refractivity contribution in [2.24, 2.45) is 0 Å². The summed E-state index contributed by atoms with van der Waals surface area (Å²) < 4.78 is 0. The Kier molecular flexibility index (Phi) is 2.31. The highest BCUT2D eigenvalue weighted by Gasteiger charge is 2.30. The van der Waals surface area contributed by atoms with E-state index in [1.165, 1.54) is 18.4 Å². The van der Waals surface area contributed by atoms with Gasteiger partial charge in [0.15, 0.2) is 0 Å². The van der Waals surface area contributed by atoms with Gasteiger partial charge in [-0.1, -0.05) is 31.0 Å². The molecule has 2 aliphatic rings. The molecule has 1 aliphatic carbocycles. The van der Waals surface area contributed by atoms with Crippen LogP contribution in [0.25, 0.3) is 0 Å². The second kappa shape index (κ2) is 3.81. The van der Waals surface area contributed by atoms with Crippen molar-refractivity contribution in [2.45, 2.75) is 38.3 Å². The summed E-state index contributed by atoms with van der Waals surface area (Å²) in [6.45, 7) is 0.771. The van der Waals surface area contributed by atoms with Crippen LogP contribution >= 0.6 is 0 Å². The zero-order valence-corrected chi connectivity index (χ0v) is 9.28. The number of carbonyl (C=O) groups is 1. The standard InChI is InChI=1S/C13H16N2O/c16-13-14-12-8-4-1-5-10(12)9-15(13)11-6-2-3-7-11/h1,4-5,8,11H,2-3,6-7,9H2,(H,14,16). The fraction of sp³-hybridized carbons (Fsp3) is 0.462. The number of nitrogens with zero attached hydrogens (tertiary/aromatic N) is 1. The lowest BCUT2D eigenvalue weighted by molar-refractivity contribution is 0.182. The molecule has 1 aliphatic heterocycles. The molecule has 2 amide bonds. The average Bonchev–Trinajstić information content (AvgIpc) is 2.81. The highest BCUT2D eigenvalue weighted by atomic mass is 16.2. The van der Waals surface area contributed by atoms with Crippen LogP contribution in [0.4, 0.5) is 10.5 Å². The molecule has 3 rings (SSSR count). The number of carbonyl (C=O) groups excluding carboxylic acids is 1. The summed E-state index contributed by atoms with van der Waals surface area (Å²) in [7, 11) is 0. The van der Waals surface area contributed by atoms with Crippen LogP contribution in [-0.2, 0) is 6.54 Å². The third-order valence-electron chi connectivity index (χ3n) is 3.63. The highest BCUT2D eigenvalue weighted by Crippen LogP contribution is 2.30. The molecule has 0 aromatic heterocycles. The molecule has 0 atom stereocenters. The Morgan fingerprint density at radius 1 is 1.19 bits per heavy atom. The van der Waals surface area contributed by atoms with Gasteiger partial charge in [0.25, 0.3) is 0 Å². The largest absolute Gasteiger partial charge is 0.322 e. The SMILES string of the molecule is O=C1Nc2ccccc2CN1C1CCCC1. The van der Waals surface area contributed by atoms with Crippen LogP contribution in [-0.4, -0.2) is 17.0 Å². The molecule has 84 valence electrons. The van der Waals surface area contributed by atoms with Crippen molar-refractivity contribution >= 4 is 11.7 Å². The van der Waals surface area contributed by atoms with Gasteiger partial charge in [0, 0.05) is 18.3 Å². The summed E-state index contributed by atoms with van der Waals surface area (Å²) in [6, 6.07) is 8.59. The summed E-state index contributed by atoms with van der Waals surface area (Å²) in [4.78, 5) is 14.0. The summed E-state index contributed by atoms with van der Waals surface area (Å²) >= 11 is 0. The first kappa shape index (κ1) is 9.70. The van der Waals surface area contributed by atoms with Gasteiger partial charge >= 0.3 is 6.03 Å². The Bertz CT molecular complexity index is 410. The van der Waals surface area contributed by atoms with E-state index < -0.39 is 0 Å². The molecule has 1 heterocycles. The third kappa shape index (κ3) is 1.56. The number of rotatable bonds is 1. The Morgan fingerprint density at radius 2 is 1.94 bits per heavy atom. The van der Waals surface area contributed by atoms with E-state index in [0.717, 1.165) is 25.1 Å². The Balaban J connectivity index is 1.86. The predicted molar refractivity (Wildman–Crippen MR) is 63.3 cm³/mol. The van der Waals surface area contributed by atoms with Gasteiger partial charge in [0.2, 0.25) is 0 Å². The van der Waals surface area contributed by atoms with Crippen molar-refractivity contribution in [1.82, 2.24) is 4.90 Å². The van der Waals surface area contributed by atoms with Crippen molar-refractivity contribution in [2.75, 3.05) is 5.32 Å². The van der Waals surface area contributed by atoms with E-state index >= 15 is 0 Å². The van der Waals surface area contributed by atoms with Gasteiger partial charge in [-0.3, -0.25) is 0 Å². The molecular formula is C13H16N2O. The van der Waals surface area contributed by atoms with Crippen LogP contribution < -0.4 is 5.32 Å². The van der Waals surface area contributed by atoms with Gasteiger partial charge in [0.05, 0.1) is 0 Å². The summed E-state index contributed by atoms with van der Waals surface area (Å²) in [5.41, 5.74) is 2.20. The first-order valence-electron chi connectivity index (χ1n) is 6.00. The Labute approximate surface area is 95.4 Å². The number of fused-ring (bicyclic) bond motifs is 1. The van der Waals surface area contributed by atoms with E-state index in [1.54, 1.807) is 0 Å². The van der Waals surface area contributed by atoms with Crippen molar-refractivity contribution < 1.29 is 4.79 Å². The number of hydrogen-bond acceptors (Lipinski definition) is 1. The lowest BCUT2D eigenvalue weighted by Crippen LogP contribution is -2.44. The minimum absolute atomic E-state index is 0.0746. The van der Waals surface area contributed by atoms with E-state index in [0.29, 0.717) is 6.04 Å². The normalized spacial score (nSPS) is 20.8. The van der Waals surface area contributed by atoms with Crippen LogP contribution in [0.2, 0.25) is 0 Å². The molecule has 1 aromatic carbocycles. The molecule has 0 bridgehead atoms. The zero-order chi connectivity index (χ0) is 11.0. The molecule has 1 fully saturated rings. The monoisotopic (exact) mass is 216 g/mol. The predicted octanol–water partition coefficient (Wildman–Crippen LogP) is 2.98. The quantitative estimate of drug-likeness (QED) is 0.769. The fourth-order valence-corrected chi connectivity index (χ4v) is 2.73. The first-order chi connectivity index (χ1) is 7.84. The molecule has 0 radical (unpaired) electrons. The number of anilines is 1. The van der Waals surface area contributed by atoms with E-state index in [1.807, 2.05) is 23.1 Å². The van der Waals surface area contributed by atoms with Gasteiger partial charge in [-0.15, -0.1) is 0 Å². The molecule has 0 spiro atoms. The van der Waals surface area contributed by atoms with Crippen molar-refractivity contribution in [3.63, 3.8) is 0 Å². The van der Waals surface area contributed by atoms with Crippen molar-refractivity contribution in [1.29, 1.82) is 0 Å². The number of urea groups is 1. The van der Waals surface area contributed by atoms with Crippen molar-refractivity contribution in [3.05, 3.63) is 29.8 Å². The van der Waals surface area contributed by atoms with E-state index in [-0.39, 0.29) is 6.03 Å². The minimum atomic E-state index is 0.0746. The first-order valence-corrected chi connectivity index (χ1v) is 6.00. The number of nitrogens with one attached hydrogen (secondary N) is 1. The fourth-order valence-electron chi connectivity index (χ4n) is 2.73. The zero-order valence-electron chi connectivity index (χ0n) is 9.28. The molecule has 1 N–H and O–H groups in total. The van der Waals surface area contributed by atoms with Gasteiger partial charge in [-0.2, -0.15) is 0 Å². The maximum Gasteiger partial charge on any atom is 0.322 e. The summed E-state index contributed by atoms with van der Waals surface area (Å²) in [5.74, 6) is 0. The molecule has 16 heavy (non-hydrogen) atoms. The highest BCUT2D eigenvalue weighted by molar-refractivity contribution is 5.92.